The van der Waals surface area contributed by atoms with E-state index < -0.39 is 5.60 Å². The fraction of sp³-hybridized carbons (Fsp3) is 0.316. The Morgan fingerprint density at radius 3 is 1.72 bits per heavy atom. The molecular formula is C38H43N3O2. The number of hydrogen-bond acceptors (Lipinski definition) is 3. The molecule has 0 atom stereocenters. The van der Waals surface area contributed by atoms with Crippen LogP contribution in [-0.2, 0) is 30.0 Å². The van der Waals surface area contributed by atoms with E-state index in [1.165, 1.54) is 31.2 Å². The summed E-state index contributed by atoms with van der Waals surface area (Å²) in [6.45, 7) is 5.54. The van der Waals surface area contributed by atoms with E-state index in [4.69, 9.17) is 9.84 Å². The SMILES string of the molecule is CCCCCCCCn1c(COC(c2ccccc2)(c2ccccc2)c2ccccc2)nn(Cc2ccc(C)cc2)c1=O. The zero-order valence-electron chi connectivity index (χ0n) is 25.5. The number of rotatable bonds is 15. The molecule has 0 amide bonds. The normalized spacial score (nSPS) is 11.6. The second-order valence-electron chi connectivity index (χ2n) is 11.3. The molecule has 0 saturated carbocycles. The highest BCUT2D eigenvalue weighted by Gasteiger charge is 2.38. The van der Waals surface area contributed by atoms with Crippen LogP contribution in [0.25, 0.3) is 0 Å². The van der Waals surface area contributed by atoms with Crippen molar-refractivity contribution in [1.29, 1.82) is 0 Å². The summed E-state index contributed by atoms with van der Waals surface area (Å²) in [6, 6.07) is 39.3. The highest BCUT2D eigenvalue weighted by atomic mass is 16.5. The van der Waals surface area contributed by atoms with Crippen LogP contribution in [-0.4, -0.2) is 14.3 Å². The minimum absolute atomic E-state index is 0.0857. The third kappa shape index (κ3) is 7.23. The van der Waals surface area contributed by atoms with Crippen molar-refractivity contribution >= 4 is 0 Å². The van der Waals surface area contributed by atoms with E-state index >= 15 is 0 Å². The standard InChI is InChI=1S/C38H43N3O2/c1-3-4-5-6-7-17-28-40-36(39-41(37(40)42)29-32-26-24-31(2)25-27-32)30-43-38(33-18-11-8-12-19-33,34-20-13-9-14-21-34)35-22-15-10-16-23-35/h8-16,18-27H,3-7,17,28-30H2,1-2H3. The Labute approximate surface area is 255 Å². The Bertz CT molecular complexity index is 1490. The Balaban J connectivity index is 1.52. The molecule has 0 aliphatic rings. The lowest BCUT2D eigenvalue weighted by Crippen LogP contribution is -2.33. The first kappa shape index (κ1) is 30.2. The molecule has 0 aliphatic heterocycles. The third-order valence-electron chi connectivity index (χ3n) is 8.15. The number of hydrogen-bond donors (Lipinski definition) is 0. The predicted molar refractivity (Wildman–Crippen MR) is 174 cm³/mol. The molecule has 5 heteroatoms. The highest BCUT2D eigenvalue weighted by molar-refractivity contribution is 5.47. The maximum atomic E-state index is 13.8. The molecule has 222 valence electrons. The molecular weight excluding hydrogens is 530 g/mol. The van der Waals surface area contributed by atoms with Crippen molar-refractivity contribution in [3.63, 3.8) is 0 Å². The van der Waals surface area contributed by atoms with Gasteiger partial charge < -0.3 is 4.74 Å². The molecule has 0 fully saturated rings. The summed E-state index contributed by atoms with van der Waals surface area (Å²) in [5, 5.41) is 4.88. The van der Waals surface area contributed by atoms with Gasteiger partial charge in [0.2, 0.25) is 0 Å². The zero-order chi connectivity index (χ0) is 29.9. The molecule has 5 nitrogen and oxygen atoms in total. The van der Waals surface area contributed by atoms with Gasteiger partial charge in [-0.05, 0) is 35.6 Å². The van der Waals surface area contributed by atoms with E-state index in [0.29, 0.717) is 18.9 Å². The lowest BCUT2D eigenvalue weighted by atomic mass is 9.80. The number of aryl methyl sites for hydroxylation is 1. The van der Waals surface area contributed by atoms with E-state index in [9.17, 15) is 4.79 Å². The van der Waals surface area contributed by atoms with Gasteiger partial charge in [0.1, 0.15) is 12.2 Å². The van der Waals surface area contributed by atoms with Gasteiger partial charge in [-0.2, -0.15) is 5.10 Å². The van der Waals surface area contributed by atoms with Crippen molar-refractivity contribution < 1.29 is 4.74 Å². The summed E-state index contributed by atoms with van der Waals surface area (Å²) in [7, 11) is 0. The molecule has 1 heterocycles. The summed E-state index contributed by atoms with van der Waals surface area (Å²) >= 11 is 0. The van der Waals surface area contributed by atoms with Crippen LogP contribution in [0.1, 0.15) is 79.1 Å². The molecule has 1 aromatic heterocycles. The molecule has 0 N–H and O–H groups in total. The van der Waals surface area contributed by atoms with E-state index in [1.807, 2.05) is 59.2 Å². The summed E-state index contributed by atoms with van der Waals surface area (Å²) in [6.07, 6.45) is 6.94. The lowest BCUT2D eigenvalue weighted by Gasteiger charge is -2.35. The molecule has 5 rings (SSSR count). The van der Waals surface area contributed by atoms with Gasteiger partial charge in [0, 0.05) is 6.54 Å². The molecule has 5 aromatic rings. The van der Waals surface area contributed by atoms with Gasteiger partial charge in [-0.1, -0.05) is 160 Å². The second-order valence-corrected chi connectivity index (χ2v) is 11.3. The molecule has 0 bridgehead atoms. The van der Waals surface area contributed by atoms with Crippen LogP contribution in [0.5, 0.6) is 0 Å². The first-order chi connectivity index (χ1) is 21.1. The Kier molecular flexibility index (Phi) is 10.4. The van der Waals surface area contributed by atoms with E-state index in [-0.39, 0.29) is 12.3 Å². The van der Waals surface area contributed by atoms with Crippen molar-refractivity contribution in [2.24, 2.45) is 0 Å². The fourth-order valence-corrected chi connectivity index (χ4v) is 5.78. The average molecular weight is 574 g/mol. The second kappa shape index (κ2) is 14.8. The summed E-state index contributed by atoms with van der Waals surface area (Å²) in [5.74, 6) is 0.651. The minimum atomic E-state index is -0.883. The predicted octanol–water partition coefficient (Wildman–Crippen LogP) is 8.27. The van der Waals surface area contributed by atoms with Gasteiger partial charge in [0.05, 0.1) is 6.54 Å². The van der Waals surface area contributed by atoms with Crippen molar-refractivity contribution in [2.45, 2.75) is 77.7 Å². The van der Waals surface area contributed by atoms with Gasteiger partial charge in [-0.3, -0.25) is 4.57 Å². The third-order valence-corrected chi connectivity index (χ3v) is 8.15. The van der Waals surface area contributed by atoms with E-state index in [2.05, 4.69) is 74.5 Å². The smallest absolute Gasteiger partial charge is 0.346 e. The maximum absolute atomic E-state index is 13.8. The van der Waals surface area contributed by atoms with Crippen molar-refractivity contribution in [3.8, 4) is 0 Å². The molecule has 43 heavy (non-hydrogen) atoms. The molecule has 0 spiro atoms. The summed E-state index contributed by atoms with van der Waals surface area (Å²) < 4.78 is 10.5. The van der Waals surface area contributed by atoms with Gasteiger partial charge in [-0.25, -0.2) is 9.48 Å². The first-order valence-electron chi connectivity index (χ1n) is 15.6. The largest absolute Gasteiger partial charge is 0.353 e. The van der Waals surface area contributed by atoms with Crippen LogP contribution in [0.15, 0.2) is 120 Å². The topological polar surface area (TPSA) is 49.0 Å². The van der Waals surface area contributed by atoms with Crippen LogP contribution in [0.4, 0.5) is 0 Å². The summed E-state index contributed by atoms with van der Waals surface area (Å²) in [5.41, 5.74) is 4.35. The number of ether oxygens (including phenoxy) is 1. The molecule has 0 saturated heterocycles. The van der Waals surface area contributed by atoms with Crippen LogP contribution in [0.3, 0.4) is 0 Å². The molecule has 0 unspecified atom stereocenters. The van der Waals surface area contributed by atoms with Crippen LogP contribution < -0.4 is 5.69 Å². The Morgan fingerprint density at radius 2 is 1.19 bits per heavy atom. The van der Waals surface area contributed by atoms with Crippen molar-refractivity contribution in [2.75, 3.05) is 0 Å². The number of benzene rings is 4. The van der Waals surface area contributed by atoms with Crippen molar-refractivity contribution in [3.05, 3.63) is 159 Å². The van der Waals surface area contributed by atoms with Gasteiger partial charge in [0.15, 0.2) is 5.82 Å². The van der Waals surface area contributed by atoms with Gasteiger partial charge in [-0.15, -0.1) is 0 Å². The van der Waals surface area contributed by atoms with Crippen LogP contribution >= 0.6 is 0 Å². The maximum Gasteiger partial charge on any atom is 0.346 e. The zero-order valence-corrected chi connectivity index (χ0v) is 25.5. The highest BCUT2D eigenvalue weighted by Crippen LogP contribution is 2.41. The monoisotopic (exact) mass is 573 g/mol. The number of aromatic nitrogens is 3. The number of nitrogens with zero attached hydrogens (tertiary/aromatic N) is 3. The quantitative estimate of drug-likeness (QED) is 0.0935. The summed E-state index contributed by atoms with van der Waals surface area (Å²) in [4.78, 5) is 13.8. The average Bonchev–Trinajstić information content (AvgIpc) is 3.35. The fourth-order valence-electron chi connectivity index (χ4n) is 5.78. The van der Waals surface area contributed by atoms with Crippen LogP contribution in [0.2, 0.25) is 0 Å². The van der Waals surface area contributed by atoms with E-state index in [0.717, 1.165) is 35.1 Å². The van der Waals surface area contributed by atoms with Crippen LogP contribution in [0, 0.1) is 6.92 Å². The van der Waals surface area contributed by atoms with Gasteiger partial charge in [0.25, 0.3) is 0 Å². The first-order valence-corrected chi connectivity index (χ1v) is 15.6. The van der Waals surface area contributed by atoms with Crippen molar-refractivity contribution in [1.82, 2.24) is 14.3 Å². The van der Waals surface area contributed by atoms with Gasteiger partial charge >= 0.3 is 5.69 Å². The Morgan fingerprint density at radius 1 is 0.674 bits per heavy atom. The minimum Gasteiger partial charge on any atom is -0.353 e. The number of unbranched alkanes of at least 4 members (excludes halogenated alkanes) is 5. The molecule has 4 aromatic carbocycles. The molecule has 0 radical (unpaired) electrons. The molecule has 0 aliphatic carbocycles. The lowest BCUT2D eigenvalue weighted by molar-refractivity contribution is -0.00486. The van der Waals surface area contributed by atoms with E-state index in [1.54, 1.807) is 4.68 Å². The Hall–Kier alpha value is -4.22.